The maximum absolute atomic E-state index is 12.4. The smallest absolute Gasteiger partial charge is 0.245 e. The molecule has 2 atom stereocenters. The number of carbonyl (C=O) groups excluding carboxylic acids is 2. The normalized spacial score (nSPS) is 20.8. The highest BCUT2D eigenvalue weighted by Gasteiger charge is 2.41. The van der Waals surface area contributed by atoms with E-state index in [1.165, 1.54) is 6.92 Å². The van der Waals surface area contributed by atoms with Crippen LogP contribution in [0.3, 0.4) is 0 Å². The number of amides is 2. The van der Waals surface area contributed by atoms with Crippen molar-refractivity contribution in [3.63, 3.8) is 0 Å². The van der Waals surface area contributed by atoms with Crippen LogP contribution in [0.2, 0.25) is 0 Å². The molecule has 0 radical (unpaired) electrons. The van der Waals surface area contributed by atoms with E-state index >= 15 is 0 Å². The summed E-state index contributed by atoms with van der Waals surface area (Å²) >= 11 is 0. The number of hydrogen-bond donors (Lipinski definition) is 1. The third-order valence-corrected chi connectivity index (χ3v) is 3.95. The molecule has 0 aromatic heterocycles. The van der Waals surface area contributed by atoms with Crippen LogP contribution in [0.5, 0.6) is 0 Å². The van der Waals surface area contributed by atoms with E-state index in [0.717, 1.165) is 11.1 Å². The number of hydrogen-bond acceptors (Lipinski definition) is 2. The van der Waals surface area contributed by atoms with Crippen LogP contribution in [-0.2, 0) is 16.0 Å². The Labute approximate surface area is 129 Å². The predicted molar refractivity (Wildman–Crippen MR) is 83.8 cm³/mol. The largest absolute Gasteiger partial charge is 0.330 e. The van der Waals surface area contributed by atoms with Gasteiger partial charge in [0.25, 0.3) is 0 Å². The molecule has 1 aliphatic rings. The van der Waals surface area contributed by atoms with Crippen molar-refractivity contribution in [3.05, 3.63) is 71.8 Å². The Morgan fingerprint density at radius 1 is 1.05 bits per heavy atom. The van der Waals surface area contributed by atoms with Gasteiger partial charge in [0.15, 0.2) is 0 Å². The average molecular weight is 294 g/mol. The molecular weight excluding hydrogens is 276 g/mol. The predicted octanol–water partition coefficient (Wildman–Crippen LogP) is 2.27. The molecule has 3 rings (SSSR count). The quantitative estimate of drug-likeness (QED) is 0.944. The van der Waals surface area contributed by atoms with Gasteiger partial charge in [-0.2, -0.15) is 0 Å². The molecule has 1 fully saturated rings. The van der Waals surface area contributed by atoms with Crippen LogP contribution >= 0.6 is 0 Å². The third kappa shape index (κ3) is 2.72. The Balaban J connectivity index is 1.90. The first-order chi connectivity index (χ1) is 10.7. The van der Waals surface area contributed by atoms with Gasteiger partial charge in [-0.3, -0.25) is 9.59 Å². The van der Waals surface area contributed by atoms with Crippen molar-refractivity contribution >= 4 is 11.8 Å². The van der Waals surface area contributed by atoms with E-state index in [4.69, 9.17) is 0 Å². The molecule has 2 amide bonds. The molecule has 0 spiro atoms. The van der Waals surface area contributed by atoms with Crippen molar-refractivity contribution in [2.75, 3.05) is 0 Å². The third-order valence-electron chi connectivity index (χ3n) is 3.95. The highest BCUT2D eigenvalue weighted by atomic mass is 16.2. The Morgan fingerprint density at radius 2 is 1.64 bits per heavy atom. The molecule has 112 valence electrons. The molecule has 2 aromatic carbocycles. The minimum atomic E-state index is -0.467. The second-order valence-electron chi connectivity index (χ2n) is 5.45. The summed E-state index contributed by atoms with van der Waals surface area (Å²) in [5.74, 6) is -0.207. The first-order valence-electron chi connectivity index (χ1n) is 7.35. The summed E-state index contributed by atoms with van der Waals surface area (Å²) in [5, 5.41) is 2.94. The fraction of sp³-hybridized carbons (Fsp3) is 0.222. The Hall–Kier alpha value is -2.62. The number of nitrogens with zero attached hydrogens (tertiary/aromatic N) is 1. The van der Waals surface area contributed by atoms with Crippen LogP contribution in [0, 0.1) is 0 Å². The van der Waals surface area contributed by atoms with Gasteiger partial charge >= 0.3 is 0 Å². The van der Waals surface area contributed by atoms with Crippen molar-refractivity contribution < 1.29 is 9.59 Å². The number of rotatable bonds is 3. The molecule has 0 unspecified atom stereocenters. The van der Waals surface area contributed by atoms with E-state index in [1.807, 2.05) is 60.7 Å². The molecule has 4 heteroatoms. The maximum atomic E-state index is 12.4. The molecule has 0 bridgehead atoms. The molecule has 1 heterocycles. The van der Waals surface area contributed by atoms with Crippen LogP contribution < -0.4 is 5.32 Å². The van der Waals surface area contributed by atoms with Gasteiger partial charge in [0.2, 0.25) is 11.8 Å². The molecule has 0 aliphatic carbocycles. The maximum Gasteiger partial charge on any atom is 0.245 e. The van der Waals surface area contributed by atoms with E-state index in [9.17, 15) is 9.59 Å². The lowest BCUT2D eigenvalue weighted by molar-refractivity contribution is -0.134. The molecular formula is C18H18N2O2. The Morgan fingerprint density at radius 3 is 2.23 bits per heavy atom. The topological polar surface area (TPSA) is 49.4 Å². The standard InChI is InChI=1S/C18H18N2O2/c1-13(21)20-16(12-14-8-4-2-5-9-14)18(22)19-17(20)15-10-6-3-7-11-15/h2-11,16-17H,12H2,1H3,(H,19,22)/t16-,17+/m1/s1. The second-order valence-corrected chi connectivity index (χ2v) is 5.45. The van der Waals surface area contributed by atoms with Gasteiger partial charge in [0.1, 0.15) is 12.2 Å². The van der Waals surface area contributed by atoms with E-state index in [2.05, 4.69) is 5.32 Å². The van der Waals surface area contributed by atoms with Crippen LogP contribution in [0.15, 0.2) is 60.7 Å². The Bertz CT molecular complexity index is 670. The van der Waals surface area contributed by atoms with Crippen LogP contribution in [-0.4, -0.2) is 22.8 Å². The Kier molecular flexibility index (Phi) is 3.92. The monoisotopic (exact) mass is 294 g/mol. The summed E-state index contributed by atoms with van der Waals surface area (Å²) in [6, 6.07) is 18.9. The SMILES string of the molecule is CC(=O)N1[C@H](Cc2ccccc2)C(=O)N[C@@H]1c1ccccc1. The summed E-state index contributed by atoms with van der Waals surface area (Å²) in [7, 11) is 0. The van der Waals surface area contributed by atoms with Crippen molar-refractivity contribution in [2.45, 2.75) is 25.6 Å². The fourth-order valence-electron chi connectivity index (χ4n) is 2.92. The second kappa shape index (κ2) is 6.02. The van der Waals surface area contributed by atoms with Gasteiger partial charge in [-0.1, -0.05) is 60.7 Å². The van der Waals surface area contributed by atoms with Crippen molar-refractivity contribution in [3.8, 4) is 0 Å². The summed E-state index contributed by atoms with van der Waals surface area (Å²) in [6.45, 7) is 1.51. The van der Waals surface area contributed by atoms with Gasteiger partial charge in [-0.15, -0.1) is 0 Å². The molecule has 2 aromatic rings. The number of carbonyl (C=O) groups is 2. The number of nitrogens with one attached hydrogen (secondary N) is 1. The molecule has 1 aliphatic heterocycles. The van der Waals surface area contributed by atoms with Gasteiger partial charge in [-0.25, -0.2) is 0 Å². The van der Waals surface area contributed by atoms with Crippen molar-refractivity contribution in [1.82, 2.24) is 10.2 Å². The summed E-state index contributed by atoms with van der Waals surface area (Å²) < 4.78 is 0. The lowest BCUT2D eigenvalue weighted by Crippen LogP contribution is -2.39. The van der Waals surface area contributed by atoms with Gasteiger partial charge in [0.05, 0.1) is 0 Å². The average Bonchev–Trinajstić information content (AvgIpc) is 2.86. The fourth-order valence-corrected chi connectivity index (χ4v) is 2.92. The van der Waals surface area contributed by atoms with E-state index in [-0.39, 0.29) is 18.0 Å². The van der Waals surface area contributed by atoms with E-state index in [0.29, 0.717) is 6.42 Å². The lowest BCUT2D eigenvalue weighted by atomic mass is 10.0. The van der Waals surface area contributed by atoms with Crippen LogP contribution in [0.1, 0.15) is 24.2 Å². The minimum Gasteiger partial charge on any atom is -0.330 e. The zero-order chi connectivity index (χ0) is 15.5. The molecule has 22 heavy (non-hydrogen) atoms. The van der Waals surface area contributed by atoms with Crippen LogP contribution in [0.4, 0.5) is 0 Å². The summed E-state index contributed by atoms with van der Waals surface area (Å²) in [4.78, 5) is 26.1. The zero-order valence-corrected chi connectivity index (χ0v) is 12.4. The van der Waals surface area contributed by atoms with Gasteiger partial charge < -0.3 is 10.2 Å². The first kappa shape index (κ1) is 14.3. The zero-order valence-electron chi connectivity index (χ0n) is 12.4. The summed E-state index contributed by atoms with van der Waals surface area (Å²) in [6.07, 6.45) is 0.134. The van der Waals surface area contributed by atoms with E-state index < -0.39 is 6.04 Å². The highest BCUT2D eigenvalue weighted by molar-refractivity contribution is 5.91. The molecule has 1 saturated heterocycles. The molecule has 0 saturated carbocycles. The number of benzene rings is 2. The highest BCUT2D eigenvalue weighted by Crippen LogP contribution is 2.28. The molecule has 4 nitrogen and oxygen atoms in total. The van der Waals surface area contributed by atoms with E-state index in [1.54, 1.807) is 4.90 Å². The van der Waals surface area contributed by atoms with Gasteiger partial charge in [-0.05, 0) is 11.1 Å². The van der Waals surface area contributed by atoms with Gasteiger partial charge in [0, 0.05) is 13.3 Å². The van der Waals surface area contributed by atoms with Crippen LogP contribution in [0.25, 0.3) is 0 Å². The van der Waals surface area contributed by atoms with Crippen molar-refractivity contribution in [2.24, 2.45) is 0 Å². The summed E-state index contributed by atoms with van der Waals surface area (Å²) in [5.41, 5.74) is 1.96. The minimum absolute atomic E-state index is 0.104. The lowest BCUT2D eigenvalue weighted by Gasteiger charge is -2.27. The molecule has 1 N–H and O–H groups in total. The van der Waals surface area contributed by atoms with Crippen molar-refractivity contribution in [1.29, 1.82) is 0 Å². The first-order valence-corrected chi connectivity index (χ1v) is 7.35.